The fraction of sp³-hybridized carbons (Fsp3) is 0.100. The molecule has 6 nitrogen and oxygen atoms in total. The van der Waals surface area contributed by atoms with Gasteiger partial charge in [0.05, 0.1) is 24.0 Å². The molecule has 27 heavy (non-hydrogen) atoms. The van der Waals surface area contributed by atoms with Crippen LogP contribution in [0.3, 0.4) is 0 Å². The number of benzene rings is 2. The summed E-state index contributed by atoms with van der Waals surface area (Å²) in [7, 11) is 1.44. The van der Waals surface area contributed by atoms with Crippen molar-refractivity contribution in [2.24, 2.45) is 5.73 Å². The number of nitrogens with two attached hydrogens (primary N) is 1. The molecule has 1 aliphatic rings. The van der Waals surface area contributed by atoms with Gasteiger partial charge < -0.3 is 19.6 Å². The molecule has 2 heterocycles. The van der Waals surface area contributed by atoms with Crippen molar-refractivity contribution in [1.82, 2.24) is 0 Å². The highest BCUT2D eigenvalue weighted by Crippen LogP contribution is 2.44. The molecule has 0 radical (unpaired) electrons. The van der Waals surface area contributed by atoms with Gasteiger partial charge in [0.2, 0.25) is 5.88 Å². The van der Waals surface area contributed by atoms with Crippen molar-refractivity contribution in [3.63, 3.8) is 0 Å². The molecule has 3 aromatic rings. The maximum Gasteiger partial charge on any atom is 0.344 e. The van der Waals surface area contributed by atoms with Crippen molar-refractivity contribution in [3.05, 3.63) is 81.3 Å². The number of para-hydroxylation sites is 1. The monoisotopic (exact) mass is 364 g/mol. The summed E-state index contributed by atoms with van der Waals surface area (Å²) in [5.41, 5.74) is 5.54. The van der Waals surface area contributed by atoms with Gasteiger partial charge in [-0.2, -0.15) is 5.26 Å². The van der Waals surface area contributed by atoms with E-state index >= 15 is 0 Å². The fourth-order valence-corrected chi connectivity index (χ4v) is 3.25. The number of halogens is 1. The van der Waals surface area contributed by atoms with Gasteiger partial charge in [-0.25, -0.2) is 9.18 Å². The van der Waals surface area contributed by atoms with Crippen LogP contribution >= 0.6 is 0 Å². The Morgan fingerprint density at radius 3 is 2.78 bits per heavy atom. The molecule has 1 aromatic heterocycles. The van der Waals surface area contributed by atoms with Gasteiger partial charge in [0, 0.05) is 5.56 Å². The van der Waals surface area contributed by atoms with Gasteiger partial charge >= 0.3 is 5.63 Å². The molecule has 0 unspecified atom stereocenters. The van der Waals surface area contributed by atoms with Gasteiger partial charge in [-0.1, -0.05) is 12.1 Å². The number of allylic oxidation sites excluding steroid dienone is 1. The molecule has 0 saturated heterocycles. The lowest BCUT2D eigenvalue weighted by molar-refractivity contribution is 0.385. The lowest BCUT2D eigenvalue weighted by atomic mass is 9.83. The second-order valence-corrected chi connectivity index (χ2v) is 5.94. The molecule has 0 aliphatic carbocycles. The maximum absolute atomic E-state index is 14.7. The molecular weight excluding hydrogens is 351 g/mol. The quantitative estimate of drug-likeness (QED) is 0.702. The lowest BCUT2D eigenvalue weighted by Gasteiger charge is -2.26. The summed E-state index contributed by atoms with van der Waals surface area (Å²) in [6.45, 7) is 0. The molecule has 2 aromatic carbocycles. The van der Waals surface area contributed by atoms with Crippen LogP contribution < -0.4 is 20.8 Å². The lowest BCUT2D eigenvalue weighted by Crippen LogP contribution is -2.26. The Labute approximate surface area is 152 Å². The van der Waals surface area contributed by atoms with Gasteiger partial charge in [-0.15, -0.1) is 0 Å². The number of nitrogens with zero attached hydrogens (tertiary/aromatic N) is 1. The van der Waals surface area contributed by atoms with Gasteiger partial charge in [-0.3, -0.25) is 0 Å². The third kappa shape index (κ3) is 2.50. The molecule has 1 atom stereocenters. The SMILES string of the molecule is COc1ccc(F)c([C@H]2C(C#N)=C(N)Oc3c2c(=O)oc2ccccc32)c1. The average molecular weight is 364 g/mol. The summed E-state index contributed by atoms with van der Waals surface area (Å²) in [4.78, 5) is 12.7. The summed E-state index contributed by atoms with van der Waals surface area (Å²) in [5, 5.41) is 10.1. The summed E-state index contributed by atoms with van der Waals surface area (Å²) >= 11 is 0. The minimum absolute atomic E-state index is 0.0200. The first kappa shape index (κ1) is 16.7. The number of fused-ring (bicyclic) bond motifs is 3. The molecule has 0 saturated carbocycles. The van der Waals surface area contributed by atoms with Crippen LogP contribution in [0.1, 0.15) is 17.0 Å². The first-order valence-electron chi connectivity index (χ1n) is 8.02. The molecule has 0 bridgehead atoms. The number of hydrogen-bond donors (Lipinski definition) is 1. The molecule has 7 heteroatoms. The van der Waals surface area contributed by atoms with Crippen molar-refractivity contribution >= 4 is 11.0 Å². The van der Waals surface area contributed by atoms with E-state index in [-0.39, 0.29) is 28.3 Å². The van der Waals surface area contributed by atoms with Crippen molar-refractivity contribution < 1.29 is 18.3 Å². The Bertz CT molecular complexity index is 1210. The second kappa shape index (κ2) is 6.18. The van der Waals surface area contributed by atoms with Crippen LogP contribution in [0.15, 0.2) is 63.1 Å². The van der Waals surface area contributed by atoms with Crippen LogP contribution in [0.25, 0.3) is 11.0 Å². The number of nitriles is 1. The molecule has 134 valence electrons. The van der Waals surface area contributed by atoms with Crippen molar-refractivity contribution in [2.45, 2.75) is 5.92 Å². The van der Waals surface area contributed by atoms with E-state index in [9.17, 15) is 14.4 Å². The number of hydrogen-bond acceptors (Lipinski definition) is 6. The predicted molar refractivity (Wildman–Crippen MR) is 94.7 cm³/mol. The van der Waals surface area contributed by atoms with Crippen LogP contribution in [0.4, 0.5) is 4.39 Å². The highest BCUT2D eigenvalue weighted by Gasteiger charge is 2.37. The topological polar surface area (TPSA) is 98.5 Å². The Kier molecular flexibility index (Phi) is 3.81. The average Bonchev–Trinajstić information content (AvgIpc) is 2.67. The minimum atomic E-state index is -1.07. The molecule has 0 fully saturated rings. The predicted octanol–water partition coefficient (Wildman–Crippen LogP) is 3.16. The van der Waals surface area contributed by atoms with Crippen LogP contribution in [-0.4, -0.2) is 7.11 Å². The fourth-order valence-electron chi connectivity index (χ4n) is 3.25. The van der Waals surface area contributed by atoms with E-state index in [1.807, 2.05) is 6.07 Å². The van der Waals surface area contributed by atoms with Crippen LogP contribution in [-0.2, 0) is 0 Å². The van der Waals surface area contributed by atoms with E-state index in [4.69, 9.17) is 19.6 Å². The first-order valence-corrected chi connectivity index (χ1v) is 8.02. The maximum atomic E-state index is 14.7. The number of rotatable bonds is 2. The Morgan fingerprint density at radius 2 is 2.04 bits per heavy atom. The molecule has 0 spiro atoms. The summed E-state index contributed by atoms with van der Waals surface area (Å²) in [6, 6.07) is 12.8. The van der Waals surface area contributed by atoms with Crippen LogP contribution in [0.2, 0.25) is 0 Å². The highest BCUT2D eigenvalue weighted by molar-refractivity contribution is 5.86. The molecule has 0 amide bonds. The van der Waals surface area contributed by atoms with E-state index in [0.29, 0.717) is 16.7 Å². The normalized spacial score (nSPS) is 15.8. The first-order chi connectivity index (χ1) is 13.0. The summed E-state index contributed by atoms with van der Waals surface area (Å²) < 4.78 is 30.8. The zero-order valence-corrected chi connectivity index (χ0v) is 14.2. The van der Waals surface area contributed by atoms with Gasteiger partial charge in [-0.05, 0) is 30.3 Å². The largest absolute Gasteiger partial charge is 0.497 e. The Hall–Kier alpha value is -3.79. The van der Waals surface area contributed by atoms with Gasteiger partial charge in [0.25, 0.3) is 0 Å². The number of ether oxygens (including phenoxy) is 2. The Balaban J connectivity index is 2.10. The molecule has 2 N–H and O–H groups in total. The minimum Gasteiger partial charge on any atom is -0.497 e. The molecule has 1 aliphatic heterocycles. The van der Waals surface area contributed by atoms with Crippen LogP contribution in [0, 0.1) is 17.1 Å². The second-order valence-electron chi connectivity index (χ2n) is 5.94. The van der Waals surface area contributed by atoms with Gasteiger partial charge in [0.15, 0.2) is 5.75 Å². The van der Waals surface area contributed by atoms with E-state index in [1.54, 1.807) is 24.3 Å². The Morgan fingerprint density at radius 1 is 1.26 bits per heavy atom. The van der Waals surface area contributed by atoms with E-state index in [1.165, 1.54) is 25.3 Å². The van der Waals surface area contributed by atoms with Crippen molar-refractivity contribution in [1.29, 1.82) is 5.26 Å². The standard InChI is InChI=1S/C20H13FN2O4/c1-25-10-6-7-14(21)12(8-10)16-13(9-22)19(23)27-18-11-4-2-3-5-15(11)26-20(24)17(16)18/h2-8,16H,23H2,1H3/t16-/m0/s1. The summed E-state index contributed by atoms with van der Waals surface area (Å²) in [6.07, 6.45) is 0. The third-order valence-electron chi connectivity index (χ3n) is 4.49. The molecule has 4 rings (SSSR count). The van der Waals surface area contributed by atoms with Crippen molar-refractivity contribution in [2.75, 3.05) is 7.11 Å². The summed E-state index contributed by atoms with van der Waals surface area (Å²) in [5.74, 6) is -1.34. The number of methoxy groups -OCH3 is 1. The molecular formula is C20H13FN2O4. The van der Waals surface area contributed by atoms with Crippen LogP contribution in [0.5, 0.6) is 11.5 Å². The zero-order chi connectivity index (χ0) is 19.1. The van der Waals surface area contributed by atoms with Crippen molar-refractivity contribution in [3.8, 4) is 17.6 Å². The van der Waals surface area contributed by atoms with E-state index < -0.39 is 17.4 Å². The highest BCUT2D eigenvalue weighted by atomic mass is 19.1. The van der Waals surface area contributed by atoms with E-state index in [2.05, 4.69) is 0 Å². The third-order valence-corrected chi connectivity index (χ3v) is 4.49. The van der Waals surface area contributed by atoms with Gasteiger partial charge in [0.1, 0.15) is 28.8 Å². The smallest absolute Gasteiger partial charge is 0.344 e. The van der Waals surface area contributed by atoms with E-state index in [0.717, 1.165) is 0 Å². The zero-order valence-electron chi connectivity index (χ0n) is 14.2.